The van der Waals surface area contributed by atoms with Crippen LogP contribution in [0.15, 0.2) is 18.2 Å². The minimum absolute atomic E-state index is 0.118. The molecular formula is C12H17N3O2. The van der Waals surface area contributed by atoms with Gasteiger partial charge in [-0.25, -0.2) is 0 Å². The van der Waals surface area contributed by atoms with Crippen molar-refractivity contribution in [1.29, 1.82) is 0 Å². The van der Waals surface area contributed by atoms with Gasteiger partial charge in [-0.05, 0) is 31.5 Å². The van der Waals surface area contributed by atoms with Crippen LogP contribution in [0.1, 0.15) is 29.3 Å². The van der Waals surface area contributed by atoms with E-state index in [0.29, 0.717) is 11.3 Å². The SMILES string of the molecule is Cc1ccc(C(=O)NC(C)CC(N)=O)cc1N. The Hall–Kier alpha value is -2.04. The van der Waals surface area contributed by atoms with E-state index < -0.39 is 5.91 Å². The summed E-state index contributed by atoms with van der Waals surface area (Å²) in [7, 11) is 0. The zero-order valence-electron chi connectivity index (χ0n) is 9.99. The lowest BCUT2D eigenvalue weighted by Crippen LogP contribution is -2.35. The summed E-state index contributed by atoms with van der Waals surface area (Å²) >= 11 is 0. The highest BCUT2D eigenvalue weighted by atomic mass is 16.2. The number of primary amides is 1. The highest BCUT2D eigenvalue weighted by Gasteiger charge is 2.12. The molecule has 0 aliphatic rings. The number of benzene rings is 1. The van der Waals surface area contributed by atoms with Crippen LogP contribution >= 0.6 is 0 Å². The number of aryl methyl sites for hydroxylation is 1. The Bertz CT molecular complexity index is 443. The molecule has 92 valence electrons. The van der Waals surface area contributed by atoms with Gasteiger partial charge in [0.15, 0.2) is 0 Å². The maximum absolute atomic E-state index is 11.8. The van der Waals surface area contributed by atoms with Gasteiger partial charge in [0.25, 0.3) is 5.91 Å². The van der Waals surface area contributed by atoms with Crippen LogP contribution < -0.4 is 16.8 Å². The number of amides is 2. The van der Waals surface area contributed by atoms with Gasteiger partial charge < -0.3 is 16.8 Å². The minimum atomic E-state index is -0.443. The van der Waals surface area contributed by atoms with Crippen LogP contribution in [0.3, 0.4) is 0 Å². The molecule has 0 aromatic heterocycles. The number of hydrogen-bond donors (Lipinski definition) is 3. The summed E-state index contributed by atoms with van der Waals surface area (Å²) in [4.78, 5) is 22.5. The number of carbonyl (C=O) groups excluding carboxylic acids is 2. The lowest BCUT2D eigenvalue weighted by molar-refractivity contribution is -0.118. The molecule has 0 aliphatic carbocycles. The predicted octanol–water partition coefficient (Wildman–Crippen LogP) is 0.571. The molecule has 17 heavy (non-hydrogen) atoms. The van der Waals surface area contributed by atoms with Crippen LogP contribution in [0.5, 0.6) is 0 Å². The van der Waals surface area contributed by atoms with Gasteiger partial charge in [0, 0.05) is 23.7 Å². The first kappa shape index (κ1) is 13.0. The van der Waals surface area contributed by atoms with Crippen molar-refractivity contribution in [2.45, 2.75) is 26.3 Å². The van der Waals surface area contributed by atoms with E-state index in [1.165, 1.54) is 0 Å². The molecule has 2 amide bonds. The van der Waals surface area contributed by atoms with E-state index in [0.717, 1.165) is 5.56 Å². The van der Waals surface area contributed by atoms with E-state index in [-0.39, 0.29) is 18.4 Å². The van der Waals surface area contributed by atoms with Gasteiger partial charge in [0.2, 0.25) is 5.91 Å². The molecule has 1 aromatic rings. The number of nitrogens with one attached hydrogen (secondary N) is 1. The quantitative estimate of drug-likeness (QED) is 0.665. The first-order valence-electron chi connectivity index (χ1n) is 5.35. The summed E-state index contributed by atoms with van der Waals surface area (Å²) in [6.45, 7) is 3.59. The first-order chi connectivity index (χ1) is 7.90. The van der Waals surface area contributed by atoms with E-state index in [4.69, 9.17) is 11.5 Å². The lowest BCUT2D eigenvalue weighted by atomic mass is 10.1. The highest BCUT2D eigenvalue weighted by molar-refractivity contribution is 5.95. The van der Waals surface area contributed by atoms with Crippen molar-refractivity contribution >= 4 is 17.5 Å². The van der Waals surface area contributed by atoms with Crippen molar-refractivity contribution in [3.8, 4) is 0 Å². The number of anilines is 1. The highest BCUT2D eigenvalue weighted by Crippen LogP contribution is 2.12. The van der Waals surface area contributed by atoms with Gasteiger partial charge in [-0.3, -0.25) is 9.59 Å². The van der Waals surface area contributed by atoms with Gasteiger partial charge in [-0.1, -0.05) is 6.07 Å². The summed E-state index contributed by atoms with van der Waals surface area (Å²) in [6, 6.07) is 4.80. The molecule has 1 atom stereocenters. The van der Waals surface area contributed by atoms with Gasteiger partial charge >= 0.3 is 0 Å². The normalized spacial score (nSPS) is 11.9. The van der Waals surface area contributed by atoms with Crippen LogP contribution in [0, 0.1) is 6.92 Å². The second-order valence-corrected chi connectivity index (χ2v) is 4.12. The van der Waals surface area contributed by atoms with E-state index in [1.54, 1.807) is 25.1 Å². The molecular weight excluding hydrogens is 218 g/mol. The average molecular weight is 235 g/mol. The third-order valence-electron chi connectivity index (χ3n) is 2.43. The summed E-state index contributed by atoms with van der Waals surface area (Å²) in [5.41, 5.74) is 12.7. The van der Waals surface area contributed by atoms with Gasteiger partial charge in [0.1, 0.15) is 0 Å². The fraction of sp³-hybridized carbons (Fsp3) is 0.333. The molecule has 0 radical (unpaired) electrons. The summed E-state index contributed by atoms with van der Waals surface area (Å²) in [5, 5.41) is 2.68. The Labute approximate surface area is 100 Å². The molecule has 0 bridgehead atoms. The standard InChI is InChI=1S/C12H17N3O2/c1-7-3-4-9(6-10(7)13)12(17)15-8(2)5-11(14)16/h3-4,6,8H,5,13H2,1-2H3,(H2,14,16)(H,15,17). The lowest BCUT2D eigenvalue weighted by Gasteiger charge is -2.12. The molecule has 0 saturated heterocycles. The van der Waals surface area contributed by atoms with E-state index in [9.17, 15) is 9.59 Å². The molecule has 1 rings (SSSR count). The van der Waals surface area contributed by atoms with Crippen molar-refractivity contribution in [2.75, 3.05) is 5.73 Å². The van der Waals surface area contributed by atoms with Gasteiger partial charge in [0.05, 0.1) is 0 Å². The van der Waals surface area contributed by atoms with Crippen molar-refractivity contribution in [2.24, 2.45) is 5.73 Å². The molecule has 5 N–H and O–H groups in total. The maximum Gasteiger partial charge on any atom is 0.251 e. The Balaban J connectivity index is 2.70. The average Bonchev–Trinajstić information content (AvgIpc) is 2.20. The summed E-state index contributed by atoms with van der Waals surface area (Å²) in [5.74, 6) is -0.702. The van der Waals surface area contributed by atoms with Crippen LogP contribution in [0.25, 0.3) is 0 Å². The Morgan fingerprint density at radius 2 is 2.06 bits per heavy atom. The molecule has 0 aliphatic heterocycles. The topological polar surface area (TPSA) is 98.2 Å². The van der Waals surface area contributed by atoms with Gasteiger partial charge in [-0.15, -0.1) is 0 Å². The predicted molar refractivity (Wildman–Crippen MR) is 66.3 cm³/mol. The Kier molecular flexibility index (Phi) is 4.09. The van der Waals surface area contributed by atoms with Crippen molar-refractivity contribution < 1.29 is 9.59 Å². The van der Waals surface area contributed by atoms with E-state index in [2.05, 4.69) is 5.32 Å². The molecule has 5 nitrogen and oxygen atoms in total. The molecule has 0 spiro atoms. The molecule has 5 heteroatoms. The van der Waals surface area contributed by atoms with Crippen LogP contribution in [-0.2, 0) is 4.79 Å². The zero-order valence-corrected chi connectivity index (χ0v) is 9.99. The van der Waals surface area contributed by atoms with Crippen molar-refractivity contribution in [3.05, 3.63) is 29.3 Å². The van der Waals surface area contributed by atoms with Crippen LogP contribution in [0.2, 0.25) is 0 Å². The molecule has 1 aromatic carbocycles. The maximum atomic E-state index is 11.8. The largest absolute Gasteiger partial charge is 0.398 e. The molecule has 0 heterocycles. The fourth-order valence-corrected chi connectivity index (χ4v) is 1.44. The third-order valence-corrected chi connectivity index (χ3v) is 2.43. The molecule has 0 saturated carbocycles. The molecule has 0 fully saturated rings. The smallest absolute Gasteiger partial charge is 0.251 e. The number of carbonyl (C=O) groups is 2. The van der Waals surface area contributed by atoms with Gasteiger partial charge in [-0.2, -0.15) is 0 Å². The van der Waals surface area contributed by atoms with Crippen LogP contribution in [0.4, 0.5) is 5.69 Å². The summed E-state index contributed by atoms with van der Waals surface area (Å²) in [6.07, 6.45) is 0.118. The monoisotopic (exact) mass is 235 g/mol. The second-order valence-electron chi connectivity index (χ2n) is 4.12. The number of nitrogen functional groups attached to an aromatic ring is 1. The molecule has 1 unspecified atom stereocenters. The zero-order chi connectivity index (χ0) is 13.0. The minimum Gasteiger partial charge on any atom is -0.398 e. The Morgan fingerprint density at radius 3 is 2.59 bits per heavy atom. The van der Waals surface area contributed by atoms with E-state index in [1.807, 2.05) is 6.92 Å². The number of nitrogens with two attached hydrogens (primary N) is 2. The Morgan fingerprint density at radius 1 is 1.41 bits per heavy atom. The second kappa shape index (κ2) is 5.34. The summed E-state index contributed by atoms with van der Waals surface area (Å²) < 4.78 is 0. The fourth-order valence-electron chi connectivity index (χ4n) is 1.44. The number of hydrogen-bond acceptors (Lipinski definition) is 3. The van der Waals surface area contributed by atoms with Crippen molar-refractivity contribution in [3.63, 3.8) is 0 Å². The van der Waals surface area contributed by atoms with Crippen molar-refractivity contribution in [1.82, 2.24) is 5.32 Å². The van der Waals surface area contributed by atoms with Crippen LogP contribution in [-0.4, -0.2) is 17.9 Å². The van der Waals surface area contributed by atoms with E-state index >= 15 is 0 Å². The first-order valence-corrected chi connectivity index (χ1v) is 5.35. The third kappa shape index (κ3) is 3.79. The number of rotatable bonds is 4.